The molecular weight excluding hydrogens is 264 g/mol. The standard InChI is InChI=1S/C17H24N2S/c1-13(2)11-17(9-5-6-10-17)12-19-15-8-4-3-7-14(15)18-16(19)20/h3-4,7-8,13H,5-6,9-12H2,1-2H3,(H,18,20). The number of aromatic amines is 1. The lowest BCUT2D eigenvalue weighted by Gasteiger charge is -2.31. The fourth-order valence-electron chi connectivity index (χ4n) is 4.02. The maximum Gasteiger partial charge on any atom is 0.178 e. The van der Waals surface area contributed by atoms with E-state index < -0.39 is 0 Å². The zero-order valence-electron chi connectivity index (χ0n) is 12.5. The second-order valence-electron chi connectivity index (χ2n) is 6.84. The number of rotatable bonds is 4. The molecule has 0 unspecified atom stereocenters. The minimum atomic E-state index is 0.456. The van der Waals surface area contributed by atoms with Crippen molar-refractivity contribution in [2.45, 2.75) is 52.5 Å². The average Bonchev–Trinajstić information content (AvgIpc) is 2.96. The molecule has 3 heteroatoms. The predicted octanol–water partition coefficient (Wildman–Crippen LogP) is 5.31. The molecule has 0 atom stereocenters. The van der Waals surface area contributed by atoms with Gasteiger partial charge in [0.15, 0.2) is 4.77 Å². The Kier molecular flexibility index (Phi) is 3.72. The van der Waals surface area contributed by atoms with Crippen LogP contribution in [0.25, 0.3) is 11.0 Å². The monoisotopic (exact) mass is 288 g/mol. The predicted molar refractivity (Wildman–Crippen MR) is 87.5 cm³/mol. The van der Waals surface area contributed by atoms with Crippen molar-refractivity contribution in [2.75, 3.05) is 0 Å². The quantitative estimate of drug-likeness (QED) is 0.757. The molecule has 3 rings (SSSR count). The van der Waals surface area contributed by atoms with E-state index in [0.717, 1.165) is 22.8 Å². The van der Waals surface area contributed by atoms with E-state index in [2.05, 4.69) is 47.7 Å². The average molecular weight is 288 g/mol. The Hall–Kier alpha value is -1.09. The highest BCUT2D eigenvalue weighted by atomic mass is 32.1. The zero-order chi connectivity index (χ0) is 14.2. The van der Waals surface area contributed by atoms with E-state index >= 15 is 0 Å². The Labute approximate surface area is 126 Å². The third-order valence-corrected chi connectivity index (χ3v) is 5.00. The Bertz CT molecular complexity index is 644. The Morgan fingerprint density at radius 1 is 1.25 bits per heavy atom. The van der Waals surface area contributed by atoms with Gasteiger partial charge in [0.05, 0.1) is 11.0 Å². The second kappa shape index (κ2) is 5.36. The number of fused-ring (bicyclic) bond motifs is 1. The molecule has 1 aliphatic rings. The van der Waals surface area contributed by atoms with Crippen molar-refractivity contribution in [3.8, 4) is 0 Å². The third kappa shape index (κ3) is 2.56. The highest BCUT2D eigenvalue weighted by Gasteiger charge is 2.35. The molecular formula is C17H24N2S. The van der Waals surface area contributed by atoms with Gasteiger partial charge in [-0.25, -0.2) is 0 Å². The van der Waals surface area contributed by atoms with Crippen LogP contribution in [0.2, 0.25) is 0 Å². The molecule has 2 aromatic rings. The molecule has 0 radical (unpaired) electrons. The summed E-state index contributed by atoms with van der Waals surface area (Å²) in [4.78, 5) is 3.35. The summed E-state index contributed by atoms with van der Waals surface area (Å²) in [6, 6.07) is 8.47. The molecule has 1 aliphatic carbocycles. The van der Waals surface area contributed by atoms with Crippen LogP contribution in [0.1, 0.15) is 46.0 Å². The Morgan fingerprint density at radius 2 is 1.95 bits per heavy atom. The third-order valence-electron chi connectivity index (χ3n) is 4.68. The Balaban J connectivity index is 1.98. The van der Waals surface area contributed by atoms with Crippen molar-refractivity contribution in [3.63, 3.8) is 0 Å². The normalized spacial score (nSPS) is 18.1. The molecule has 0 bridgehead atoms. The summed E-state index contributed by atoms with van der Waals surface area (Å²) in [5.41, 5.74) is 2.87. The SMILES string of the molecule is CC(C)CC1(Cn2c(=S)[nH]c3ccccc32)CCCC1. The fourth-order valence-corrected chi connectivity index (χ4v) is 4.29. The first-order chi connectivity index (χ1) is 9.60. The van der Waals surface area contributed by atoms with Crippen molar-refractivity contribution < 1.29 is 0 Å². The number of hydrogen-bond acceptors (Lipinski definition) is 1. The van der Waals surface area contributed by atoms with Gasteiger partial charge >= 0.3 is 0 Å². The van der Waals surface area contributed by atoms with Crippen molar-refractivity contribution >= 4 is 23.3 Å². The van der Waals surface area contributed by atoms with E-state index in [0.29, 0.717) is 5.41 Å². The van der Waals surface area contributed by atoms with Gasteiger partial charge in [-0.2, -0.15) is 0 Å². The topological polar surface area (TPSA) is 20.7 Å². The molecule has 0 amide bonds. The van der Waals surface area contributed by atoms with E-state index in [1.54, 1.807) is 0 Å². The van der Waals surface area contributed by atoms with Crippen LogP contribution >= 0.6 is 12.2 Å². The van der Waals surface area contributed by atoms with Crippen LogP contribution in [0.4, 0.5) is 0 Å². The molecule has 1 aromatic carbocycles. The van der Waals surface area contributed by atoms with Gasteiger partial charge in [0.25, 0.3) is 0 Å². The van der Waals surface area contributed by atoms with Gasteiger partial charge in [-0.15, -0.1) is 0 Å². The summed E-state index contributed by atoms with van der Waals surface area (Å²) in [5, 5.41) is 0. The van der Waals surface area contributed by atoms with Crippen LogP contribution < -0.4 is 0 Å². The lowest BCUT2D eigenvalue weighted by Crippen LogP contribution is -2.25. The van der Waals surface area contributed by atoms with Crippen molar-refractivity contribution in [1.82, 2.24) is 9.55 Å². The molecule has 0 aliphatic heterocycles. The highest BCUT2D eigenvalue weighted by molar-refractivity contribution is 7.71. The van der Waals surface area contributed by atoms with Crippen molar-refractivity contribution in [3.05, 3.63) is 29.0 Å². The van der Waals surface area contributed by atoms with Crippen LogP contribution in [-0.2, 0) is 6.54 Å². The molecule has 1 saturated carbocycles. The highest BCUT2D eigenvalue weighted by Crippen LogP contribution is 2.45. The number of aromatic nitrogens is 2. The summed E-state index contributed by atoms with van der Waals surface area (Å²) in [6.07, 6.45) is 6.78. The number of benzene rings is 1. The van der Waals surface area contributed by atoms with E-state index in [4.69, 9.17) is 12.2 Å². The number of nitrogens with one attached hydrogen (secondary N) is 1. The van der Waals surface area contributed by atoms with Crippen LogP contribution in [0.15, 0.2) is 24.3 Å². The second-order valence-corrected chi connectivity index (χ2v) is 7.23. The lowest BCUT2D eigenvalue weighted by molar-refractivity contribution is 0.198. The molecule has 1 fully saturated rings. The van der Waals surface area contributed by atoms with Gasteiger partial charge in [0, 0.05) is 6.54 Å². The van der Waals surface area contributed by atoms with Crippen LogP contribution in [0, 0.1) is 16.1 Å². The van der Waals surface area contributed by atoms with Crippen molar-refractivity contribution in [1.29, 1.82) is 0 Å². The summed E-state index contributed by atoms with van der Waals surface area (Å²) >= 11 is 5.56. The molecule has 1 N–H and O–H groups in total. The van der Waals surface area contributed by atoms with E-state index in [9.17, 15) is 0 Å². The van der Waals surface area contributed by atoms with Gasteiger partial charge in [-0.1, -0.05) is 38.8 Å². The molecule has 0 saturated heterocycles. The summed E-state index contributed by atoms with van der Waals surface area (Å²) in [6.45, 7) is 5.76. The molecule has 2 nitrogen and oxygen atoms in total. The number of para-hydroxylation sites is 2. The van der Waals surface area contributed by atoms with E-state index in [1.165, 1.54) is 37.6 Å². The molecule has 20 heavy (non-hydrogen) atoms. The lowest BCUT2D eigenvalue weighted by atomic mass is 9.78. The van der Waals surface area contributed by atoms with Crippen molar-refractivity contribution in [2.24, 2.45) is 11.3 Å². The number of hydrogen-bond donors (Lipinski definition) is 1. The number of imidazole rings is 1. The first-order valence-electron chi connectivity index (χ1n) is 7.77. The summed E-state index contributed by atoms with van der Waals surface area (Å²) < 4.78 is 3.21. The van der Waals surface area contributed by atoms with Gasteiger partial charge in [-0.05, 0) is 54.9 Å². The molecule has 1 heterocycles. The number of nitrogens with zero attached hydrogens (tertiary/aromatic N) is 1. The zero-order valence-corrected chi connectivity index (χ0v) is 13.3. The largest absolute Gasteiger partial charge is 0.331 e. The number of H-pyrrole nitrogens is 1. The summed E-state index contributed by atoms with van der Waals surface area (Å²) in [5.74, 6) is 0.757. The molecule has 108 valence electrons. The van der Waals surface area contributed by atoms with Gasteiger partial charge in [-0.3, -0.25) is 0 Å². The molecule has 1 aromatic heterocycles. The first kappa shape index (κ1) is 13.9. The maximum absolute atomic E-state index is 5.56. The van der Waals surface area contributed by atoms with Gasteiger partial charge < -0.3 is 9.55 Å². The Morgan fingerprint density at radius 3 is 2.65 bits per heavy atom. The van der Waals surface area contributed by atoms with E-state index in [-0.39, 0.29) is 0 Å². The summed E-state index contributed by atoms with van der Waals surface area (Å²) in [7, 11) is 0. The van der Waals surface area contributed by atoms with E-state index in [1.807, 2.05) is 0 Å². The smallest absolute Gasteiger partial charge is 0.178 e. The minimum absolute atomic E-state index is 0.456. The first-order valence-corrected chi connectivity index (χ1v) is 8.18. The fraction of sp³-hybridized carbons (Fsp3) is 0.588. The van der Waals surface area contributed by atoms with Crippen LogP contribution in [0.3, 0.4) is 0 Å². The van der Waals surface area contributed by atoms with Crippen LogP contribution in [-0.4, -0.2) is 9.55 Å². The minimum Gasteiger partial charge on any atom is -0.331 e. The van der Waals surface area contributed by atoms with Gasteiger partial charge in [0.1, 0.15) is 0 Å². The maximum atomic E-state index is 5.56. The molecule has 0 spiro atoms. The van der Waals surface area contributed by atoms with Gasteiger partial charge in [0.2, 0.25) is 0 Å². The van der Waals surface area contributed by atoms with Crippen LogP contribution in [0.5, 0.6) is 0 Å².